The Morgan fingerprint density at radius 2 is 1.81 bits per heavy atom. The van der Waals surface area contributed by atoms with Crippen LogP contribution in [0.15, 0.2) is 41.8 Å². The SMILES string of the molecule is O=C(NCc1ccc(Cl)cc1)C(=O)NC[C@@H](c1cccs1)N1CCOCC1. The predicted molar refractivity (Wildman–Crippen MR) is 106 cm³/mol. The van der Waals surface area contributed by atoms with Gasteiger partial charge in [0.2, 0.25) is 0 Å². The summed E-state index contributed by atoms with van der Waals surface area (Å²) in [5.74, 6) is -1.27. The lowest BCUT2D eigenvalue weighted by atomic mass is 10.2. The van der Waals surface area contributed by atoms with Crippen LogP contribution in [0.25, 0.3) is 0 Å². The Morgan fingerprint density at radius 3 is 2.48 bits per heavy atom. The lowest BCUT2D eigenvalue weighted by Crippen LogP contribution is -2.46. The molecule has 0 radical (unpaired) electrons. The highest BCUT2D eigenvalue weighted by atomic mass is 35.5. The van der Waals surface area contributed by atoms with E-state index in [9.17, 15) is 9.59 Å². The van der Waals surface area contributed by atoms with Gasteiger partial charge >= 0.3 is 11.8 Å². The molecule has 2 aromatic rings. The van der Waals surface area contributed by atoms with E-state index in [2.05, 4.69) is 21.6 Å². The van der Waals surface area contributed by atoms with Crippen molar-refractivity contribution in [3.63, 3.8) is 0 Å². The monoisotopic (exact) mass is 407 g/mol. The summed E-state index contributed by atoms with van der Waals surface area (Å²) in [6, 6.07) is 11.2. The molecule has 1 atom stereocenters. The zero-order valence-corrected chi connectivity index (χ0v) is 16.4. The van der Waals surface area contributed by atoms with Gasteiger partial charge in [0.25, 0.3) is 0 Å². The molecular formula is C19H22ClN3O3S. The van der Waals surface area contributed by atoms with E-state index in [4.69, 9.17) is 16.3 Å². The predicted octanol–water partition coefficient (Wildman–Crippen LogP) is 2.21. The molecule has 2 amide bonds. The average molecular weight is 408 g/mol. The van der Waals surface area contributed by atoms with Gasteiger partial charge in [0.05, 0.1) is 19.3 Å². The number of carbonyl (C=O) groups is 2. The maximum Gasteiger partial charge on any atom is 0.309 e. The fourth-order valence-electron chi connectivity index (χ4n) is 2.91. The van der Waals surface area contributed by atoms with Crippen molar-refractivity contribution < 1.29 is 14.3 Å². The molecule has 0 aliphatic carbocycles. The van der Waals surface area contributed by atoms with Crippen LogP contribution in [0, 0.1) is 0 Å². The molecule has 2 heterocycles. The van der Waals surface area contributed by atoms with Crippen LogP contribution in [0.5, 0.6) is 0 Å². The van der Waals surface area contributed by atoms with Gasteiger partial charge in [-0.15, -0.1) is 11.3 Å². The number of benzene rings is 1. The van der Waals surface area contributed by atoms with Crippen LogP contribution < -0.4 is 10.6 Å². The summed E-state index contributed by atoms with van der Waals surface area (Å²) in [4.78, 5) is 27.7. The molecule has 1 aliphatic rings. The minimum atomic E-state index is -0.642. The van der Waals surface area contributed by atoms with E-state index in [1.165, 1.54) is 4.88 Å². The smallest absolute Gasteiger partial charge is 0.309 e. The van der Waals surface area contributed by atoms with Crippen LogP contribution in [0.3, 0.4) is 0 Å². The molecular weight excluding hydrogens is 386 g/mol. The van der Waals surface area contributed by atoms with Crippen LogP contribution >= 0.6 is 22.9 Å². The Morgan fingerprint density at radius 1 is 1.11 bits per heavy atom. The lowest BCUT2D eigenvalue weighted by Gasteiger charge is -2.34. The third-order valence-electron chi connectivity index (χ3n) is 4.39. The molecule has 144 valence electrons. The topological polar surface area (TPSA) is 70.7 Å². The van der Waals surface area contributed by atoms with Crippen molar-refractivity contribution in [2.45, 2.75) is 12.6 Å². The van der Waals surface area contributed by atoms with E-state index >= 15 is 0 Å². The van der Waals surface area contributed by atoms with Crippen molar-refractivity contribution in [1.29, 1.82) is 0 Å². The number of morpholine rings is 1. The maximum atomic E-state index is 12.2. The van der Waals surface area contributed by atoms with Gasteiger partial charge < -0.3 is 15.4 Å². The molecule has 6 nitrogen and oxygen atoms in total. The summed E-state index contributed by atoms with van der Waals surface area (Å²) in [7, 11) is 0. The highest BCUT2D eigenvalue weighted by molar-refractivity contribution is 7.10. The van der Waals surface area contributed by atoms with Crippen LogP contribution in [0.1, 0.15) is 16.5 Å². The minimum Gasteiger partial charge on any atom is -0.379 e. The number of nitrogens with zero attached hydrogens (tertiary/aromatic N) is 1. The van der Waals surface area contributed by atoms with E-state index in [0.29, 0.717) is 24.8 Å². The molecule has 1 aliphatic heterocycles. The van der Waals surface area contributed by atoms with Crippen LogP contribution in [-0.4, -0.2) is 49.6 Å². The second kappa shape index (κ2) is 9.85. The highest BCUT2D eigenvalue weighted by Gasteiger charge is 2.25. The standard InChI is InChI=1S/C19H22ClN3O3S/c20-15-5-3-14(4-6-15)12-21-18(24)19(25)22-13-16(17-2-1-11-27-17)23-7-9-26-10-8-23/h1-6,11,16H,7-10,12-13H2,(H,21,24)(H,22,25)/t16-/m0/s1. The van der Waals surface area contributed by atoms with E-state index in [0.717, 1.165) is 18.7 Å². The summed E-state index contributed by atoms with van der Waals surface area (Å²) in [6.07, 6.45) is 0. The molecule has 0 saturated carbocycles. The molecule has 1 saturated heterocycles. The summed E-state index contributed by atoms with van der Waals surface area (Å²) in [5.41, 5.74) is 0.880. The molecule has 1 aromatic carbocycles. The Labute approximate surface area is 167 Å². The maximum absolute atomic E-state index is 12.2. The van der Waals surface area contributed by atoms with Crippen molar-refractivity contribution >= 4 is 34.8 Å². The third kappa shape index (κ3) is 5.77. The summed E-state index contributed by atoms with van der Waals surface area (Å²) >= 11 is 7.49. The Kier molecular flexibility index (Phi) is 7.23. The molecule has 27 heavy (non-hydrogen) atoms. The Balaban J connectivity index is 1.52. The average Bonchev–Trinajstić information content (AvgIpc) is 3.22. The molecule has 1 fully saturated rings. The van der Waals surface area contributed by atoms with Gasteiger partial charge in [-0.2, -0.15) is 0 Å². The minimum absolute atomic E-state index is 0.0434. The normalized spacial score (nSPS) is 15.9. The number of rotatable bonds is 6. The molecule has 0 bridgehead atoms. The van der Waals surface area contributed by atoms with E-state index in [1.807, 2.05) is 23.6 Å². The second-order valence-electron chi connectivity index (χ2n) is 6.20. The number of ether oxygens (including phenoxy) is 1. The molecule has 2 N–H and O–H groups in total. The molecule has 0 unspecified atom stereocenters. The number of amides is 2. The van der Waals surface area contributed by atoms with Gasteiger partial charge in [-0.1, -0.05) is 29.8 Å². The van der Waals surface area contributed by atoms with E-state index < -0.39 is 11.8 Å². The van der Waals surface area contributed by atoms with E-state index in [-0.39, 0.29) is 12.6 Å². The van der Waals surface area contributed by atoms with Crippen molar-refractivity contribution in [2.24, 2.45) is 0 Å². The molecule has 0 spiro atoms. The van der Waals surface area contributed by atoms with Crippen molar-refractivity contribution in [2.75, 3.05) is 32.8 Å². The van der Waals surface area contributed by atoms with Crippen molar-refractivity contribution in [3.05, 3.63) is 57.2 Å². The van der Waals surface area contributed by atoms with Crippen LogP contribution in [0.2, 0.25) is 5.02 Å². The number of thiophene rings is 1. The third-order valence-corrected chi connectivity index (χ3v) is 5.61. The summed E-state index contributed by atoms with van der Waals surface area (Å²) < 4.78 is 5.41. The largest absolute Gasteiger partial charge is 0.379 e. The molecule has 3 rings (SSSR count). The molecule has 8 heteroatoms. The van der Waals surface area contributed by atoms with Gasteiger partial charge in [0.1, 0.15) is 0 Å². The van der Waals surface area contributed by atoms with E-state index in [1.54, 1.807) is 23.5 Å². The number of halogens is 1. The highest BCUT2D eigenvalue weighted by Crippen LogP contribution is 2.25. The lowest BCUT2D eigenvalue weighted by molar-refractivity contribution is -0.139. The zero-order chi connectivity index (χ0) is 19.1. The van der Waals surface area contributed by atoms with Crippen molar-refractivity contribution in [3.8, 4) is 0 Å². The van der Waals surface area contributed by atoms with Gasteiger partial charge in [-0.05, 0) is 29.1 Å². The van der Waals surface area contributed by atoms with Crippen LogP contribution in [-0.2, 0) is 20.9 Å². The number of hydrogen-bond acceptors (Lipinski definition) is 5. The van der Waals surface area contributed by atoms with Gasteiger partial charge in [0, 0.05) is 36.1 Å². The number of nitrogens with one attached hydrogen (secondary N) is 2. The van der Waals surface area contributed by atoms with Gasteiger partial charge in [-0.25, -0.2) is 0 Å². The molecule has 1 aromatic heterocycles. The first-order chi connectivity index (χ1) is 13.1. The first-order valence-corrected chi connectivity index (χ1v) is 10.0. The zero-order valence-electron chi connectivity index (χ0n) is 14.8. The van der Waals surface area contributed by atoms with Gasteiger partial charge in [-0.3, -0.25) is 14.5 Å². The quantitative estimate of drug-likeness (QED) is 0.720. The van der Waals surface area contributed by atoms with Gasteiger partial charge in [0.15, 0.2) is 0 Å². The number of carbonyl (C=O) groups excluding carboxylic acids is 2. The number of hydrogen-bond donors (Lipinski definition) is 2. The fourth-order valence-corrected chi connectivity index (χ4v) is 3.90. The second-order valence-corrected chi connectivity index (χ2v) is 7.61. The summed E-state index contributed by atoms with van der Waals surface area (Å²) in [5, 5.41) is 8.04. The Hall–Kier alpha value is -1.93. The van der Waals surface area contributed by atoms with Crippen LogP contribution in [0.4, 0.5) is 0 Å². The summed E-state index contributed by atoms with van der Waals surface area (Å²) in [6.45, 7) is 3.63. The Bertz CT molecular complexity index is 746. The first-order valence-electron chi connectivity index (χ1n) is 8.79. The van der Waals surface area contributed by atoms with Crippen molar-refractivity contribution in [1.82, 2.24) is 15.5 Å². The first kappa shape index (κ1) is 19.8. The fraction of sp³-hybridized carbons (Fsp3) is 0.368.